The molecule has 2 amide bonds. The third-order valence-electron chi connectivity index (χ3n) is 4.35. The summed E-state index contributed by atoms with van der Waals surface area (Å²) in [4.78, 5) is 29.4. The average Bonchev–Trinajstić information content (AvgIpc) is 2.64. The number of pyridine rings is 1. The molecule has 150 valence electrons. The first-order valence-corrected chi connectivity index (χ1v) is 9.20. The van der Waals surface area contributed by atoms with Crippen LogP contribution in [-0.4, -0.2) is 57.2 Å². The molecule has 0 saturated carbocycles. The Morgan fingerprint density at radius 3 is 2.39 bits per heavy atom. The highest BCUT2D eigenvalue weighted by Gasteiger charge is 2.32. The number of carbonyl (C=O) groups is 2. The molecule has 28 heavy (non-hydrogen) atoms. The number of hydrogen-bond donors (Lipinski definition) is 5. The first-order chi connectivity index (χ1) is 13.2. The lowest BCUT2D eigenvalue weighted by atomic mass is 9.75. The lowest BCUT2D eigenvalue weighted by Crippen LogP contribution is -2.57. The molecule has 1 aromatic carbocycles. The van der Waals surface area contributed by atoms with E-state index < -0.39 is 37.0 Å². The predicted molar refractivity (Wildman–Crippen MR) is 106 cm³/mol. The van der Waals surface area contributed by atoms with E-state index in [0.717, 1.165) is 5.39 Å². The van der Waals surface area contributed by atoms with Gasteiger partial charge in [-0.2, -0.15) is 0 Å². The number of amides is 2. The van der Waals surface area contributed by atoms with Crippen molar-refractivity contribution in [3.8, 4) is 0 Å². The van der Waals surface area contributed by atoms with E-state index in [9.17, 15) is 24.7 Å². The molecule has 0 aliphatic carbocycles. The summed E-state index contributed by atoms with van der Waals surface area (Å²) in [5.74, 6) is -2.13. The fourth-order valence-corrected chi connectivity index (χ4v) is 2.95. The summed E-state index contributed by atoms with van der Waals surface area (Å²) in [6, 6.07) is 7.69. The number of hydrogen-bond acceptors (Lipinski definition) is 6. The Balaban J connectivity index is 2.19. The van der Waals surface area contributed by atoms with Crippen molar-refractivity contribution >= 4 is 29.7 Å². The van der Waals surface area contributed by atoms with Crippen molar-refractivity contribution in [1.29, 1.82) is 0 Å². The first-order valence-electron chi connectivity index (χ1n) is 9.20. The summed E-state index contributed by atoms with van der Waals surface area (Å²) >= 11 is 0. The molecule has 1 heterocycles. The molecule has 0 bridgehead atoms. The molecule has 0 unspecified atom stereocenters. The molecule has 0 fully saturated rings. The van der Waals surface area contributed by atoms with Crippen molar-refractivity contribution in [3.63, 3.8) is 0 Å². The van der Waals surface area contributed by atoms with Crippen LogP contribution in [0.5, 0.6) is 0 Å². The molecular formula is C19H26BN3O5. The van der Waals surface area contributed by atoms with Gasteiger partial charge in [0, 0.05) is 11.6 Å². The van der Waals surface area contributed by atoms with E-state index in [1.54, 1.807) is 18.2 Å². The van der Waals surface area contributed by atoms with Gasteiger partial charge in [-0.1, -0.05) is 38.1 Å². The van der Waals surface area contributed by atoms with Crippen molar-refractivity contribution < 1.29 is 24.7 Å². The summed E-state index contributed by atoms with van der Waals surface area (Å²) in [5.41, 5.74) is 0.137. The Hall–Kier alpha value is -2.49. The lowest BCUT2D eigenvalue weighted by Gasteiger charge is -2.25. The number of aliphatic hydroxyl groups excluding tert-OH is 1. The molecule has 0 aliphatic heterocycles. The standard InChI is InChI=1S/C19H26BN3O5/c1-11(2)10-15(20(27)28)22-18(25)16(12(3)24)23-19(26)17-14-7-5-4-6-13(14)8-9-21-17/h4-9,11-12,15-16,24,27-28H,10H2,1-3H3,(H,22,25)(H,23,26)/t12-,15+,16+/m1/s1. The second-order valence-electron chi connectivity index (χ2n) is 7.23. The predicted octanol–water partition coefficient (Wildman–Crippen LogP) is 0.257. The van der Waals surface area contributed by atoms with E-state index in [0.29, 0.717) is 11.8 Å². The third kappa shape index (κ3) is 5.51. The van der Waals surface area contributed by atoms with Crippen molar-refractivity contribution in [2.75, 3.05) is 0 Å². The molecule has 2 rings (SSSR count). The van der Waals surface area contributed by atoms with Gasteiger partial charge < -0.3 is 25.8 Å². The lowest BCUT2D eigenvalue weighted by molar-refractivity contribution is -0.125. The van der Waals surface area contributed by atoms with Crippen LogP contribution in [0.4, 0.5) is 0 Å². The summed E-state index contributed by atoms with van der Waals surface area (Å²) in [5, 5.41) is 35.4. The van der Waals surface area contributed by atoms with Gasteiger partial charge in [-0.25, -0.2) is 0 Å². The van der Waals surface area contributed by atoms with E-state index in [2.05, 4.69) is 15.6 Å². The number of aliphatic hydroxyl groups is 1. The van der Waals surface area contributed by atoms with Gasteiger partial charge in [0.05, 0.1) is 12.0 Å². The number of nitrogens with one attached hydrogen (secondary N) is 2. The topological polar surface area (TPSA) is 132 Å². The molecule has 3 atom stereocenters. The summed E-state index contributed by atoms with van der Waals surface area (Å²) in [6.45, 7) is 5.12. The van der Waals surface area contributed by atoms with E-state index in [1.165, 1.54) is 13.1 Å². The minimum absolute atomic E-state index is 0.103. The van der Waals surface area contributed by atoms with Crippen LogP contribution in [-0.2, 0) is 4.79 Å². The second kappa shape index (κ2) is 9.63. The summed E-state index contributed by atoms with van der Waals surface area (Å²) in [7, 11) is -1.75. The van der Waals surface area contributed by atoms with Crippen molar-refractivity contribution in [3.05, 3.63) is 42.2 Å². The molecular weight excluding hydrogens is 361 g/mol. The van der Waals surface area contributed by atoms with Gasteiger partial charge >= 0.3 is 7.12 Å². The second-order valence-corrected chi connectivity index (χ2v) is 7.23. The minimum Gasteiger partial charge on any atom is -0.426 e. The van der Waals surface area contributed by atoms with E-state index in [1.807, 2.05) is 26.0 Å². The Labute approximate surface area is 164 Å². The first kappa shape index (κ1) is 21.8. The zero-order chi connectivity index (χ0) is 20.8. The number of fused-ring (bicyclic) bond motifs is 1. The van der Waals surface area contributed by atoms with Crippen LogP contribution in [0.1, 0.15) is 37.7 Å². The average molecular weight is 387 g/mol. The van der Waals surface area contributed by atoms with Crippen LogP contribution in [0.25, 0.3) is 10.8 Å². The van der Waals surface area contributed by atoms with Gasteiger partial charge in [0.25, 0.3) is 5.91 Å². The Morgan fingerprint density at radius 2 is 1.79 bits per heavy atom. The van der Waals surface area contributed by atoms with Crippen molar-refractivity contribution in [1.82, 2.24) is 15.6 Å². The van der Waals surface area contributed by atoms with E-state index in [-0.39, 0.29) is 11.6 Å². The largest absolute Gasteiger partial charge is 0.475 e. The van der Waals surface area contributed by atoms with E-state index >= 15 is 0 Å². The van der Waals surface area contributed by atoms with Gasteiger partial charge in [0.2, 0.25) is 5.91 Å². The summed E-state index contributed by atoms with van der Waals surface area (Å²) in [6.07, 6.45) is 0.624. The maximum atomic E-state index is 12.7. The van der Waals surface area contributed by atoms with Crippen LogP contribution >= 0.6 is 0 Å². The van der Waals surface area contributed by atoms with Gasteiger partial charge in [-0.05, 0) is 30.7 Å². The Morgan fingerprint density at radius 1 is 1.11 bits per heavy atom. The molecule has 0 aliphatic rings. The summed E-state index contributed by atoms with van der Waals surface area (Å²) < 4.78 is 0. The Kier molecular flexibility index (Phi) is 7.50. The molecule has 8 nitrogen and oxygen atoms in total. The maximum absolute atomic E-state index is 12.7. The number of rotatable bonds is 8. The van der Waals surface area contributed by atoms with Crippen LogP contribution in [0.2, 0.25) is 0 Å². The smallest absolute Gasteiger partial charge is 0.426 e. The molecule has 0 saturated heterocycles. The van der Waals surface area contributed by atoms with Gasteiger partial charge in [0.1, 0.15) is 11.7 Å². The minimum atomic E-state index is -1.75. The molecule has 2 aromatic rings. The number of benzene rings is 1. The number of nitrogens with zero attached hydrogens (tertiary/aromatic N) is 1. The quantitative estimate of drug-likeness (QED) is 0.413. The highest BCUT2D eigenvalue weighted by Crippen LogP contribution is 2.16. The number of aromatic nitrogens is 1. The van der Waals surface area contributed by atoms with Crippen LogP contribution < -0.4 is 10.6 Å². The zero-order valence-electron chi connectivity index (χ0n) is 16.2. The monoisotopic (exact) mass is 387 g/mol. The number of carbonyl (C=O) groups excluding carboxylic acids is 2. The molecule has 1 aromatic heterocycles. The van der Waals surface area contributed by atoms with Gasteiger partial charge in [-0.3, -0.25) is 14.6 Å². The molecule has 0 radical (unpaired) electrons. The SMILES string of the molecule is CC(C)C[C@H](NC(=O)[C@@H](NC(=O)c1nccc2ccccc12)[C@@H](C)O)B(O)O. The Bertz CT molecular complexity index is 823. The fraction of sp³-hybridized carbons (Fsp3) is 0.421. The maximum Gasteiger partial charge on any atom is 0.475 e. The van der Waals surface area contributed by atoms with Crippen LogP contribution in [0.3, 0.4) is 0 Å². The normalized spacial score (nSPS) is 14.4. The third-order valence-corrected chi connectivity index (χ3v) is 4.35. The van der Waals surface area contributed by atoms with Crippen molar-refractivity contribution in [2.24, 2.45) is 5.92 Å². The van der Waals surface area contributed by atoms with Crippen LogP contribution in [0, 0.1) is 5.92 Å². The van der Waals surface area contributed by atoms with Crippen LogP contribution in [0.15, 0.2) is 36.5 Å². The highest BCUT2D eigenvalue weighted by atomic mass is 16.4. The van der Waals surface area contributed by atoms with Gasteiger partial charge in [0.15, 0.2) is 0 Å². The zero-order valence-corrected chi connectivity index (χ0v) is 16.2. The molecule has 0 spiro atoms. The van der Waals surface area contributed by atoms with Crippen molar-refractivity contribution in [2.45, 2.75) is 45.3 Å². The van der Waals surface area contributed by atoms with Gasteiger partial charge in [-0.15, -0.1) is 0 Å². The molecule has 9 heteroatoms. The van der Waals surface area contributed by atoms with E-state index in [4.69, 9.17) is 0 Å². The fourth-order valence-electron chi connectivity index (χ4n) is 2.95. The molecule has 5 N–H and O–H groups in total. The highest BCUT2D eigenvalue weighted by molar-refractivity contribution is 6.43.